The molecule has 0 radical (unpaired) electrons. The second kappa shape index (κ2) is 13.9. The molecule has 13 nitrogen and oxygen atoms in total. The third-order valence-electron chi connectivity index (χ3n) is 7.71. The number of nitrogens with zero attached hydrogens (tertiary/aromatic N) is 1. The number of carbonyl (C=O) groups is 2. The molecule has 1 amide bonds. The standard InChI is InChI=1S/C24H41ClN2O11S/c1-5-6-10-7-11(27(3)8-10)21(33)26-12(9(2)25)18-16(31)19(17(32)24(38-18)39-4)36-23-15(30)13(28)14(29)20(37-23)22(34)35/h9-20,23-24,28-32H,5-8H2,1-4H3,(H,26,33)(H,34,35)/t9-,10+,11-,12+,13?,14?,15?,16-,17+,18+,19-,20?,23?,24+/m0/s1. The molecular formula is C24H41ClN2O11S. The highest BCUT2D eigenvalue weighted by molar-refractivity contribution is 7.99. The zero-order valence-electron chi connectivity index (χ0n) is 22.4. The van der Waals surface area contributed by atoms with Crippen molar-refractivity contribution in [1.82, 2.24) is 10.2 Å². The largest absolute Gasteiger partial charge is 0.479 e. The monoisotopic (exact) mass is 600 g/mol. The highest BCUT2D eigenvalue weighted by Crippen LogP contribution is 2.34. The molecule has 0 spiro atoms. The summed E-state index contributed by atoms with van der Waals surface area (Å²) in [5.74, 6) is -1.49. The minimum atomic E-state index is -1.93. The van der Waals surface area contributed by atoms with Crippen LogP contribution in [0.2, 0.25) is 0 Å². The van der Waals surface area contributed by atoms with Crippen LogP contribution in [-0.2, 0) is 23.8 Å². The van der Waals surface area contributed by atoms with E-state index in [0.29, 0.717) is 12.3 Å². The number of hydrogen-bond donors (Lipinski definition) is 7. The average Bonchev–Trinajstić information content (AvgIpc) is 3.25. The fourth-order valence-electron chi connectivity index (χ4n) is 5.58. The molecule has 3 fully saturated rings. The average molecular weight is 601 g/mol. The van der Waals surface area contributed by atoms with Crippen molar-refractivity contribution < 1.29 is 54.4 Å². The first-order valence-corrected chi connectivity index (χ1v) is 14.8. The Bertz CT molecular complexity index is 844. The van der Waals surface area contributed by atoms with Crippen molar-refractivity contribution in [2.45, 2.75) is 111 Å². The molecule has 14 atom stereocenters. The molecule has 0 bridgehead atoms. The van der Waals surface area contributed by atoms with Gasteiger partial charge in [0.1, 0.15) is 48.2 Å². The van der Waals surface area contributed by atoms with E-state index in [9.17, 15) is 40.2 Å². The zero-order chi connectivity index (χ0) is 29.2. The molecule has 0 aliphatic carbocycles. The molecule has 3 rings (SSSR count). The van der Waals surface area contributed by atoms with Crippen molar-refractivity contribution in [3.05, 3.63) is 0 Å². The number of carboxylic acid groups (broad SMARTS) is 1. The van der Waals surface area contributed by atoms with Crippen molar-refractivity contribution in [3.8, 4) is 0 Å². The van der Waals surface area contributed by atoms with Crippen molar-refractivity contribution in [2.75, 3.05) is 19.8 Å². The summed E-state index contributed by atoms with van der Waals surface area (Å²) in [4.78, 5) is 26.8. The van der Waals surface area contributed by atoms with Gasteiger partial charge < -0.3 is 50.2 Å². The maximum Gasteiger partial charge on any atom is 0.335 e. The summed E-state index contributed by atoms with van der Waals surface area (Å²) in [6, 6.07) is -1.31. The highest BCUT2D eigenvalue weighted by Gasteiger charge is 2.54. The van der Waals surface area contributed by atoms with E-state index in [-0.39, 0.29) is 11.9 Å². The lowest BCUT2D eigenvalue weighted by Gasteiger charge is -2.47. The van der Waals surface area contributed by atoms with Crippen molar-refractivity contribution in [2.24, 2.45) is 5.92 Å². The lowest BCUT2D eigenvalue weighted by Crippen LogP contribution is -2.67. The van der Waals surface area contributed by atoms with Crippen LogP contribution in [0.15, 0.2) is 0 Å². The molecule has 0 aromatic carbocycles. The number of thioether (sulfide) groups is 1. The number of halogens is 1. The maximum atomic E-state index is 13.3. The number of rotatable bonds is 10. The summed E-state index contributed by atoms with van der Waals surface area (Å²) >= 11 is 7.56. The SMILES string of the molecule is CCC[C@@H]1C[C@@H](C(=O)N[C@@H]([C@H]2O[C@H](SC)[C@H](O)[C@@H](OC3OC(C(=O)O)C(O)C(O)C3O)[C@H]2O)[C@H](C)Cl)N(C)C1. The first kappa shape index (κ1) is 32.7. The van der Waals surface area contributed by atoms with E-state index in [0.717, 1.165) is 31.1 Å². The van der Waals surface area contributed by atoms with Gasteiger partial charge in [0.25, 0.3) is 0 Å². The third kappa shape index (κ3) is 7.17. The highest BCUT2D eigenvalue weighted by atomic mass is 35.5. The Morgan fingerprint density at radius 3 is 2.33 bits per heavy atom. The number of likely N-dealkylation sites (N-methyl/N-ethyl adjacent to an activating group) is 1. The quantitative estimate of drug-likeness (QED) is 0.140. The Hall–Kier alpha value is -0.780. The fraction of sp³-hybridized carbons (Fsp3) is 0.917. The molecule has 5 unspecified atom stereocenters. The number of hydrogen-bond acceptors (Lipinski definition) is 12. The number of carbonyl (C=O) groups excluding carboxylic acids is 1. The lowest BCUT2D eigenvalue weighted by molar-refractivity contribution is -0.331. The Morgan fingerprint density at radius 1 is 1.10 bits per heavy atom. The zero-order valence-corrected chi connectivity index (χ0v) is 23.9. The van der Waals surface area contributed by atoms with Crippen LogP contribution in [0, 0.1) is 5.92 Å². The second-order valence-corrected chi connectivity index (χ2v) is 12.2. The number of nitrogens with one attached hydrogen (secondary N) is 1. The summed E-state index contributed by atoms with van der Waals surface area (Å²) in [7, 11) is 1.88. The smallest absolute Gasteiger partial charge is 0.335 e. The molecule has 226 valence electrons. The number of likely N-dealkylation sites (tertiary alicyclic amines) is 1. The van der Waals surface area contributed by atoms with Crippen molar-refractivity contribution in [1.29, 1.82) is 0 Å². The van der Waals surface area contributed by atoms with E-state index in [1.54, 1.807) is 13.2 Å². The molecule has 39 heavy (non-hydrogen) atoms. The number of aliphatic hydroxyl groups is 5. The molecule has 3 heterocycles. The predicted molar refractivity (Wildman–Crippen MR) is 140 cm³/mol. The van der Waals surface area contributed by atoms with Crippen molar-refractivity contribution in [3.63, 3.8) is 0 Å². The number of ether oxygens (including phenoxy) is 3. The van der Waals surface area contributed by atoms with Gasteiger partial charge in [0.15, 0.2) is 12.4 Å². The van der Waals surface area contributed by atoms with E-state index in [1.165, 1.54) is 0 Å². The molecule has 7 N–H and O–H groups in total. The van der Waals surface area contributed by atoms with Crippen molar-refractivity contribution >= 4 is 35.2 Å². The van der Waals surface area contributed by atoms with Gasteiger partial charge in [-0.2, -0.15) is 0 Å². The van der Waals surface area contributed by atoms with Crippen LogP contribution in [-0.4, -0.2) is 145 Å². The summed E-state index contributed by atoms with van der Waals surface area (Å²) in [6.07, 6.45) is -10.9. The predicted octanol–water partition coefficient (Wildman–Crippen LogP) is -1.69. The first-order valence-electron chi connectivity index (χ1n) is 13.1. The number of aliphatic carboxylic acids is 1. The van der Waals surface area contributed by atoms with Crippen LogP contribution in [0.5, 0.6) is 0 Å². The summed E-state index contributed by atoms with van der Waals surface area (Å²) in [5.41, 5.74) is -0.965. The van der Waals surface area contributed by atoms with Crippen LogP contribution in [0.3, 0.4) is 0 Å². The van der Waals surface area contributed by atoms with Gasteiger partial charge in [-0.25, -0.2) is 4.79 Å². The van der Waals surface area contributed by atoms with Gasteiger partial charge >= 0.3 is 5.97 Å². The van der Waals surface area contributed by atoms with Gasteiger partial charge in [0.05, 0.1) is 17.5 Å². The molecule has 3 aliphatic heterocycles. The summed E-state index contributed by atoms with van der Waals surface area (Å²) in [6.45, 7) is 4.50. The van der Waals surface area contributed by atoms with Gasteiger partial charge in [0, 0.05) is 6.54 Å². The normalized spacial score (nSPS) is 43.1. The molecule has 0 aromatic heterocycles. The molecular weight excluding hydrogens is 560 g/mol. The maximum absolute atomic E-state index is 13.3. The lowest BCUT2D eigenvalue weighted by atomic mass is 9.92. The Labute approximate surface area is 236 Å². The Balaban J connectivity index is 1.80. The van der Waals surface area contributed by atoms with Crippen LogP contribution in [0.1, 0.15) is 33.1 Å². The van der Waals surface area contributed by atoms with Gasteiger partial charge in [-0.15, -0.1) is 23.4 Å². The number of carboxylic acids is 1. The van der Waals surface area contributed by atoms with Gasteiger partial charge in [-0.05, 0) is 39.0 Å². The Morgan fingerprint density at radius 2 is 1.77 bits per heavy atom. The number of aliphatic hydroxyl groups excluding tert-OH is 5. The van der Waals surface area contributed by atoms with E-state index in [1.807, 2.05) is 11.9 Å². The van der Waals surface area contributed by atoms with Gasteiger partial charge in [0.2, 0.25) is 5.91 Å². The third-order valence-corrected chi connectivity index (χ3v) is 8.83. The topological polar surface area (TPSA) is 198 Å². The van der Waals surface area contributed by atoms with Crippen LogP contribution < -0.4 is 5.32 Å². The van der Waals surface area contributed by atoms with Crippen LogP contribution in [0.25, 0.3) is 0 Å². The molecule has 3 aliphatic rings. The molecule has 15 heteroatoms. The fourth-order valence-corrected chi connectivity index (χ4v) is 6.46. The minimum Gasteiger partial charge on any atom is -0.479 e. The number of alkyl halides is 1. The minimum absolute atomic E-state index is 0.277. The van der Waals surface area contributed by atoms with E-state index >= 15 is 0 Å². The molecule has 3 saturated heterocycles. The van der Waals surface area contributed by atoms with Gasteiger partial charge in [-0.1, -0.05) is 13.3 Å². The van der Waals surface area contributed by atoms with E-state index in [2.05, 4.69) is 12.2 Å². The summed E-state index contributed by atoms with van der Waals surface area (Å²) < 4.78 is 16.8. The Kier molecular flexibility index (Phi) is 11.7. The van der Waals surface area contributed by atoms with Crippen LogP contribution in [0.4, 0.5) is 0 Å². The van der Waals surface area contributed by atoms with Crippen LogP contribution >= 0.6 is 23.4 Å². The van der Waals surface area contributed by atoms with E-state index in [4.69, 9.17) is 25.8 Å². The second-order valence-electron chi connectivity index (χ2n) is 10.6. The first-order chi connectivity index (χ1) is 18.3. The molecule has 0 saturated carbocycles. The van der Waals surface area contributed by atoms with Gasteiger partial charge in [-0.3, -0.25) is 9.69 Å². The summed E-state index contributed by atoms with van der Waals surface area (Å²) in [5, 5.41) is 64.1. The van der Waals surface area contributed by atoms with E-state index < -0.39 is 77.9 Å². The molecule has 0 aromatic rings. The number of amides is 1.